The third-order valence-electron chi connectivity index (χ3n) is 10.8. The Morgan fingerprint density at radius 2 is 1.06 bits per heavy atom. The second-order valence-corrected chi connectivity index (χ2v) is 15.7. The van der Waals surface area contributed by atoms with E-state index in [0.29, 0.717) is 56.3 Å². The lowest BCUT2D eigenvalue weighted by atomic mass is 9.97. The molecule has 0 aliphatic rings. The van der Waals surface area contributed by atoms with Gasteiger partial charge in [-0.1, -0.05) is 164 Å². The maximum Gasteiger partial charge on any atom is 0.164 e. The van der Waals surface area contributed by atoms with Crippen molar-refractivity contribution in [2.75, 3.05) is 4.90 Å². The Labute approximate surface area is 386 Å². The standard InChI is InChI=1S/C57H36N4OS/c1-4-16-37(17-5-1)40-22-14-23-41(34-40)44-24-10-12-27-49(44)61(43-30-32-46-45-25-11-13-29-52(45)63-53(46)36-43)42-31-33-47-51(35-42)62-50-28-15-26-48(54(47)50)57-59-55(38-18-6-2-7-19-38)58-56(60-57)39-20-8-3-9-21-39/h1-36H/i1D,4D,5D,10D,12D,14D,16D,17D,22D,23D,24D,27D,34D. The van der Waals surface area contributed by atoms with Gasteiger partial charge in [0, 0.05) is 70.6 Å². The number of rotatable bonds is 8. The summed E-state index contributed by atoms with van der Waals surface area (Å²) in [6.45, 7) is 0. The van der Waals surface area contributed by atoms with Crippen molar-refractivity contribution in [1.82, 2.24) is 15.0 Å². The van der Waals surface area contributed by atoms with E-state index in [0.717, 1.165) is 31.3 Å². The zero-order valence-electron chi connectivity index (χ0n) is 45.9. The minimum atomic E-state index is -0.797. The van der Waals surface area contributed by atoms with Crippen LogP contribution in [0.3, 0.4) is 0 Å². The average molecular weight is 838 g/mol. The summed E-state index contributed by atoms with van der Waals surface area (Å²) in [5, 5.41) is 3.27. The first-order chi connectivity index (χ1) is 36.6. The van der Waals surface area contributed by atoms with E-state index in [4.69, 9.17) is 31.7 Å². The summed E-state index contributed by atoms with van der Waals surface area (Å²) in [6, 6.07) is 34.1. The molecule has 0 bridgehead atoms. The van der Waals surface area contributed by atoms with Gasteiger partial charge in [0.2, 0.25) is 0 Å². The molecule has 0 aliphatic heterocycles. The largest absolute Gasteiger partial charge is 0.456 e. The van der Waals surface area contributed by atoms with Crippen LogP contribution in [-0.2, 0) is 0 Å². The zero-order valence-corrected chi connectivity index (χ0v) is 33.7. The molecule has 0 radical (unpaired) electrons. The van der Waals surface area contributed by atoms with Gasteiger partial charge in [0.1, 0.15) is 11.2 Å². The van der Waals surface area contributed by atoms with Crippen LogP contribution in [0.5, 0.6) is 0 Å². The lowest BCUT2D eigenvalue weighted by molar-refractivity contribution is 0.669. The van der Waals surface area contributed by atoms with Crippen molar-refractivity contribution < 1.29 is 22.2 Å². The van der Waals surface area contributed by atoms with Gasteiger partial charge < -0.3 is 9.32 Å². The number of thiophene rings is 1. The molecule has 5 nitrogen and oxygen atoms in total. The van der Waals surface area contributed by atoms with Gasteiger partial charge >= 0.3 is 0 Å². The van der Waals surface area contributed by atoms with E-state index in [1.54, 1.807) is 23.1 Å². The molecule has 63 heavy (non-hydrogen) atoms. The summed E-state index contributed by atoms with van der Waals surface area (Å²) in [5.74, 6) is 1.32. The van der Waals surface area contributed by atoms with Crippen LogP contribution in [0.1, 0.15) is 17.8 Å². The van der Waals surface area contributed by atoms with Gasteiger partial charge in [-0.25, -0.2) is 15.0 Å². The van der Waals surface area contributed by atoms with Crippen molar-refractivity contribution in [3.63, 3.8) is 0 Å². The fraction of sp³-hybridized carbons (Fsp3) is 0. The number of hydrogen-bond acceptors (Lipinski definition) is 6. The highest BCUT2D eigenvalue weighted by Gasteiger charge is 2.22. The number of benzene rings is 9. The molecule has 0 aliphatic carbocycles. The van der Waals surface area contributed by atoms with E-state index in [1.165, 1.54) is 11.3 Å². The lowest BCUT2D eigenvalue weighted by Gasteiger charge is -2.28. The second kappa shape index (κ2) is 15.4. The SMILES string of the molecule is [2H]c1c([2H])c([2H])c(-c2c([2H])c([2H])c([2H])c(-c3c([2H])c([2H])c([2H])c([2H])c3N(c3ccc4c(c3)oc3cccc(-c5nc(-c6ccccc6)nc(-c6ccccc6)n5)c34)c3ccc4c(c3)sc3ccccc34)c2[2H])c([2H])c1[2H]. The zero-order chi connectivity index (χ0) is 53.0. The molecule has 0 N–H and O–H groups in total. The van der Waals surface area contributed by atoms with Gasteiger partial charge in [-0.2, -0.15) is 0 Å². The summed E-state index contributed by atoms with van der Waals surface area (Å²) in [4.78, 5) is 16.5. The molecular formula is C57H36N4OS. The highest BCUT2D eigenvalue weighted by molar-refractivity contribution is 7.25. The topological polar surface area (TPSA) is 55.1 Å². The molecule has 12 rings (SSSR count). The minimum Gasteiger partial charge on any atom is -0.456 e. The smallest absolute Gasteiger partial charge is 0.164 e. The molecule has 12 aromatic rings. The molecular weight excluding hydrogens is 789 g/mol. The summed E-state index contributed by atoms with van der Waals surface area (Å²) in [5.41, 5.74) is 1.53. The van der Waals surface area contributed by atoms with Crippen molar-refractivity contribution in [1.29, 1.82) is 0 Å². The van der Waals surface area contributed by atoms with Crippen molar-refractivity contribution in [2.24, 2.45) is 0 Å². The van der Waals surface area contributed by atoms with E-state index in [-0.39, 0.29) is 5.69 Å². The number of para-hydroxylation sites is 1. The van der Waals surface area contributed by atoms with Crippen LogP contribution in [0, 0.1) is 0 Å². The number of fused-ring (bicyclic) bond motifs is 6. The molecule has 0 amide bonds. The van der Waals surface area contributed by atoms with Crippen molar-refractivity contribution in [3.8, 4) is 56.4 Å². The molecule has 3 aromatic heterocycles. The number of anilines is 3. The molecule has 0 saturated heterocycles. The van der Waals surface area contributed by atoms with E-state index in [1.807, 2.05) is 121 Å². The van der Waals surface area contributed by atoms with Crippen LogP contribution in [0.4, 0.5) is 17.1 Å². The third-order valence-corrected chi connectivity index (χ3v) is 11.9. The molecule has 3 heterocycles. The highest BCUT2D eigenvalue weighted by Crippen LogP contribution is 2.46. The average Bonchev–Trinajstić information content (AvgIpc) is 4.09. The molecule has 0 saturated carbocycles. The van der Waals surface area contributed by atoms with Crippen LogP contribution in [0.25, 0.3) is 98.5 Å². The summed E-state index contributed by atoms with van der Waals surface area (Å²) >= 11 is 1.52. The number of aromatic nitrogens is 3. The van der Waals surface area contributed by atoms with Crippen molar-refractivity contribution in [3.05, 3.63) is 218 Å². The van der Waals surface area contributed by atoms with Crippen LogP contribution in [0.2, 0.25) is 0 Å². The quantitative estimate of drug-likeness (QED) is 0.153. The Morgan fingerprint density at radius 1 is 0.429 bits per heavy atom. The molecule has 0 fully saturated rings. The Balaban J connectivity index is 1.13. The molecule has 0 atom stereocenters. The molecule has 0 spiro atoms. The van der Waals surface area contributed by atoms with E-state index >= 15 is 0 Å². The van der Waals surface area contributed by atoms with Crippen LogP contribution >= 0.6 is 11.3 Å². The second-order valence-electron chi connectivity index (χ2n) is 14.6. The fourth-order valence-corrected chi connectivity index (χ4v) is 9.09. The first kappa shape index (κ1) is 25.6. The van der Waals surface area contributed by atoms with Gasteiger partial charge in [-0.05, 0) is 65.2 Å². The van der Waals surface area contributed by atoms with Crippen molar-refractivity contribution in [2.45, 2.75) is 0 Å². The maximum absolute atomic E-state index is 9.73. The summed E-state index contributed by atoms with van der Waals surface area (Å²) in [6.07, 6.45) is 0. The van der Waals surface area contributed by atoms with Crippen molar-refractivity contribution >= 4 is 70.5 Å². The summed E-state index contributed by atoms with van der Waals surface area (Å²) < 4.78 is 126. The first-order valence-corrected chi connectivity index (χ1v) is 20.8. The minimum absolute atomic E-state index is 0.235. The Morgan fingerprint density at radius 3 is 1.86 bits per heavy atom. The number of furan rings is 1. The Hall–Kier alpha value is -8.19. The summed E-state index contributed by atoms with van der Waals surface area (Å²) in [7, 11) is 0. The number of nitrogens with zero attached hydrogens (tertiary/aromatic N) is 4. The van der Waals surface area contributed by atoms with E-state index < -0.39 is 101 Å². The lowest BCUT2D eigenvalue weighted by Crippen LogP contribution is -2.11. The molecule has 9 aromatic carbocycles. The highest BCUT2D eigenvalue weighted by atomic mass is 32.1. The van der Waals surface area contributed by atoms with E-state index in [2.05, 4.69) is 0 Å². The monoisotopic (exact) mass is 837 g/mol. The molecule has 6 heteroatoms. The predicted octanol–water partition coefficient (Wildman–Crippen LogP) is 15.9. The van der Waals surface area contributed by atoms with E-state index in [9.17, 15) is 5.48 Å². The Bertz CT molecular complexity index is 4330. The molecule has 0 unspecified atom stereocenters. The van der Waals surface area contributed by atoms with Gasteiger partial charge in [0.05, 0.1) is 23.5 Å². The normalized spacial score (nSPS) is 14.4. The fourth-order valence-electron chi connectivity index (χ4n) is 7.95. The van der Waals surface area contributed by atoms with Gasteiger partial charge in [-0.3, -0.25) is 0 Å². The van der Waals surface area contributed by atoms with Crippen LogP contribution in [-0.4, -0.2) is 15.0 Å². The van der Waals surface area contributed by atoms with Crippen LogP contribution in [0.15, 0.2) is 222 Å². The van der Waals surface area contributed by atoms with Crippen LogP contribution < -0.4 is 4.90 Å². The predicted molar refractivity (Wildman–Crippen MR) is 262 cm³/mol. The maximum atomic E-state index is 9.73. The van der Waals surface area contributed by atoms with Gasteiger partial charge in [0.25, 0.3) is 0 Å². The third kappa shape index (κ3) is 6.61. The molecule has 296 valence electrons. The van der Waals surface area contributed by atoms with Gasteiger partial charge in [-0.15, -0.1) is 11.3 Å². The van der Waals surface area contributed by atoms with Gasteiger partial charge in [0.15, 0.2) is 17.5 Å². The number of hydrogen-bond donors (Lipinski definition) is 0. The first-order valence-electron chi connectivity index (χ1n) is 26.4. The Kier molecular flexibility index (Phi) is 6.23.